The summed E-state index contributed by atoms with van der Waals surface area (Å²) in [5.41, 5.74) is 1.61. The van der Waals surface area contributed by atoms with Crippen LogP contribution in [0.3, 0.4) is 0 Å². The highest BCUT2D eigenvalue weighted by atomic mass is 35.5. The molecule has 0 saturated heterocycles. The number of halogens is 2. The minimum absolute atomic E-state index is 0.347. The van der Waals surface area contributed by atoms with Gasteiger partial charge in [0.2, 0.25) is 0 Å². The van der Waals surface area contributed by atoms with E-state index in [1.165, 1.54) is 12.1 Å². The van der Waals surface area contributed by atoms with E-state index in [0.29, 0.717) is 16.7 Å². The Bertz CT molecular complexity index is 644. The minimum Gasteiger partial charge on any atom is -0.362 e. The van der Waals surface area contributed by atoms with Crippen molar-refractivity contribution in [3.8, 4) is 0 Å². The average Bonchev–Trinajstić information content (AvgIpc) is 2.89. The molecule has 0 spiro atoms. The number of unbranched alkanes of at least 4 members (excludes halogenated alkanes) is 1. The van der Waals surface area contributed by atoms with E-state index in [1.54, 1.807) is 16.9 Å². The molecule has 1 aromatic carbocycles. The second-order valence-electron chi connectivity index (χ2n) is 4.90. The fourth-order valence-electron chi connectivity index (χ4n) is 1.89. The van der Waals surface area contributed by atoms with E-state index in [9.17, 15) is 4.39 Å². The number of aromatic nitrogens is 2. The highest BCUT2D eigenvalue weighted by Crippen LogP contribution is 2.18. The number of thiocarbonyl (C=S) groups is 1. The topological polar surface area (TPSA) is 41.9 Å². The summed E-state index contributed by atoms with van der Waals surface area (Å²) in [5.74, 6) is -0.347. The van der Waals surface area contributed by atoms with Gasteiger partial charge in [-0.1, -0.05) is 31.0 Å². The second-order valence-corrected chi connectivity index (χ2v) is 5.71. The number of anilines is 1. The van der Waals surface area contributed by atoms with Gasteiger partial charge in [-0.3, -0.25) is 4.68 Å². The van der Waals surface area contributed by atoms with Gasteiger partial charge in [0.1, 0.15) is 5.82 Å². The lowest BCUT2D eigenvalue weighted by atomic mass is 10.2. The lowest BCUT2D eigenvalue weighted by Crippen LogP contribution is -2.28. The van der Waals surface area contributed by atoms with Crippen LogP contribution < -0.4 is 10.6 Å². The first kappa shape index (κ1) is 16.7. The summed E-state index contributed by atoms with van der Waals surface area (Å²) in [7, 11) is 0. The first-order valence-electron chi connectivity index (χ1n) is 7.09. The molecule has 0 atom stereocenters. The fourth-order valence-corrected chi connectivity index (χ4v) is 2.34. The highest BCUT2D eigenvalue weighted by Gasteiger charge is 2.05. The van der Waals surface area contributed by atoms with Gasteiger partial charge >= 0.3 is 0 Å². The van der Waals surface area contributed by atoms with E-state index in [-0.39, 0.29) is 5.82 Å². The van der Waals surface area contributed by atoms with E-state index < -0.39 is 0 Å². The number of benzene rings is 1. The molecule has 0 unspecified atom stereocenters. The van der Waals surface area contributed by atoms with Gasteiger partial charge in [0, 0.05) is 17.8 Å². The smallest absolute Gasteiger partial charge is 0.170 e. The lowest BCUT2D eigenvalue weighted by Gasteiger charge is -2.08. The Labute approximate surface area is 139 Å². The first-order valence-corrected chi connectivity index (χ1v) is 7.88. The van der Waals surface area contributed by atoms with Crippen LogP contribution in [0.2, 0.25) is 5.02 Å². The van der Waals surface area contributed by atoms with Crippen LogP contribution in [-0.2, 0) is 6.54 Å². The summed E-state index contributed by atoms with van der Waals surface area (Å²) in [4.78, 5) is 0. The molecule has 2 N–H and O–H groups in total. The Kier molecular flexibility index (Phi) is 6.15. The quantitative estimate of drug-likeness (QED) is 0.620. The van der Waals surface area contributed by atoms with E-state index in [4.69, 9.17) is 23.8 Å². The normalized spacial score (nSPS) is 10.5. The molecule has 22 heavy (non-hydrogen) atoms. The Hall–Kier alpha value is -1.66. The van der Waals surface area contributed by atoms with Crippen LogP contribution in [0.15, 0.2) is 30.6 Å². The molecule has 0 bridgehead atoms. The molecule has 1 heterocycles. The summed E-state index contributed by atoms with van der Waals surface area (Å²) in [6.07, 6.45) is 5.70. The number of nitrogens with one attached hydrogen (secondary N) is 2. The molecule has 4 nitrogen and oxygen atoms in total. The zero-order chi connectivity index (χ0) is 15.9. The Morgan fingerprint density at radius 1 is 1.45 bits per heavy atom. The first-order chi connectivity index (χ1) is 10.6. The lowest BCUT2D eigenvalue weighted by molar-refractivity contribution is 0.624. The Balaban J connectivity index is 1.92. The van der Waals surface area contributed by atoms with Gasteiger partial charge in [0.15, 0.2) is 5.11 Å². The van der Waals surface area contributed by atoms with Crippen LogP contribution in [0.5, 0.6) is 0 Å². The number of nitrogens with zero attached hydrogens (tertiary/aromatic N) is 2. The number of hydrogen-bond acceptors (Lipinski definition) is 2. The van der Waals surface area contributed by atoms with Crippen LogP contribution in [0.25, 0.3) is 0 Å². The maximum atomic E-state index is 13.0. The molecule has 0 amide bonds. The van der Waals surface area contributed by atoms with Crippen molar-refractivity contribution in [2.45, 2.75) is 26.3 Å². The van der Waals surface area contributed by atoms with Gasteiger partial charge in [-0.25, -0.2) is 4.39 Å². The molecule has 0 fully saturated rings. The molecule has 118 valence electrons. The monoisotopic (exact) mass is 340 g/mol. The molecule has 0 saturated carbocycles. The predicted octanol–water partition coefficient (Wildman–Crippen LogP) is 3.81. The second kappa shape index (κ2) is 8.10. The van der Waals surface area contributed by atoms with Gasteiger partial charge in [-0.05, 0) is 36.3 Å². The van der Waals surface area contributed by atoms with Crippen LogP contribution in [0.4, 0.5) is 10.1 Å². The maximum Gasteiger partial charge on any atom is 0.170 e. The van der Waals surface area contributed by atoms with E-state index in [0.717, 1.165) is 30.6 Å². The molecule has 1 aromatic heterocycles. The molecule has 0 radical (unpaired) electrons. The third kappa shape index (κ3) is 4.96. The maximum absolute atomic E-state index is 13.0. The zero-order valence-electron chi connectivity index (χ0n) is 12.3. The van der Waals surface area contributed by atoms with Crippen molar-refractivity contribution >= 4 is 34.6 Å². The molecule has 2 aromatic rings. The van der Waals surface area contributed by atoms with E-state index in [2.05, 4.69) is 22.7 Å². The van der Waals surface area contributed by atoms with Gasteiger partial charge in [-0.2, -0.15) is 5.10 Å². The van der Waals surface area contributed by atoms with E-state index >= 15 is 0 Å². The van der Waals surface area contributed by atoms with Crippen molar-refractivity contribution in [1.29, 1.82) is 0 Å². The van der Waals surface area contributed by atoms with Crippen molar-refractivity contribution in [2.75, 3.05) is 11.9 Å². The van der Waals surface area contributed by atoms with Gasteiger partial charge in [0.05, 0.1) is 18.4 Å². The average molecular weight is 341 g/mol. The predicted molar refractivity (Wildman–Crippen MR) is 91.9 cm³/mol. The number of rotatable bonds is 6. The highest BCUT2D eigenvalue weighted by molar-refractivity contribution is 7.80. The van der Waals surface area contributed by atoms with E-state index in [1.807, 2.05) is 6.20 Å². The van der Waals surface area contributed by atoms with Gasteiger partial charge < -0.3 is 10.6 Å². The summed E-state index contributed by atoms with van der Waals surface area (Å²) in [6.45, 7) is 3.45. The summed E-state index contributed by atoms with van der Waals surface area (Å²) in [5, 5.41) is 11.4. The largest absolute Gasteiger partial charge is 0.362 e. The van der Waals surface area contributed by atoms with Crippen LogP contribution in [0, 0.1) is 5.82 Å². The minimum atomic E-state index is -0.347. The summed E-state index contributed by atoms with van der Waals surface area (Å²) in [6, 6.07) is 4.34. The molecular formula is C15H18ClFN4S. The molecule has 7 heteroatoms. The Morgan fingerprint density at radius 3 is 3.00 bits per heavy atom. The zero-order valence-corrected chi connectivity index (χ0v) is 13.8. The van der Waals surface area contributed by atoms with Crippen molar-refractivity contribution < 1.29 is 4.39 Å². The van der Waals surface area contributed by atoms with Crippen LogP contribution >= 0.6 is 23.8 Å². The fraction of sp³-hybridized carbons (Fsp3) is 0.333. The van der Waals surface area contributed by atoms with Crippen molar-refractivity contribution in [1.82, 2.24) is 15.1 Å². The standard InChI is InChI=1S/C15H18ClFN4S/c1-2-3-6-18-15(22)20-13-8-19-21(10-13)9-11-4-5-12(17)7-14(11)16/h4-5,7-8,10H,2-3,6,9H2,1H3,(H2,18,20,22). The summed E-state index contributed by atoms with van der Waals surface area (Å²) < 4.78 is 14.7. The van der Waals surface area contributed by atoms with Crippen LogP contribution in [0.1, 0.15) is 25.3 Å². The molecule has 0 aliphatic heterocycles. The third-order valence-electron chi connectivity index (χ3n) is 3.05. The molecule has 0 aliphatic carbocycles. The van der Waals surface area contributed by atoms with Crippen molar-refractivity contribution in [2.24, 2.45) is 0 Å². The summed E-state index contributed by atoms with van der Waals surface area (Å²) >= 11 is 11.2. The molecule has 2 rings (SSSR count). The Morgan fingerprint density at radius 2 is 2.27 bits per heavy atom. The van der Waals surface area contributed by atoms with Crippen molar-refractivity contribution in [3.63, 3.8) is 0 Å². The van der Waals surface area contributed by atoms with Gasteiger partial charge in [-0.15, -0.1) is 0 Å². The third-order valence-corrected chi connectivity index (χ3v) is 3.65. The van der Waals surface area contributed by atoms with Crippen molar-refractivity contribution in [3.05, 3.63) is 47.0 Å². The SMILES string of the molecule is CCCCNC(=S)Nc1cnn(Cc2ccc(F)cc2Cl)c1. The van der Waals surface area contributed by atoms with Gasteiger partial charge in [0.25, 0.3) is 0 Å². The van der Waals surface area contributed by atoms with Crippen LogP contribution in [-0.4, -0.2) is 21.4 Å². The molecule has 0 aliphatic rings. The molecular weight excluding hydrogens is 323 g/mol. The number of hydrogen-bond donors (Lipinski definition) is 2.